The highest BCUT2D eigenvalue weighted by Crippen LogP contribution is 2.37. The highest BCUT2D eigenvalue weighted by atomic mass is 16.5. The summed E-state index contributed by atoms with van der Waals surface area (Å²) in [4.78, 5) is 6.98. The fourth-order valence-corrected chi connectivity index (χ4v) is 3.54. The number of hydrogen-bond donors (Lipinski definition) is 0. The molecule has 1 aliphatic rings. The summed E-state index contributed by atoms with van der Waals surface area (Å²) in [6.07, 6.45) is 4.40. The summed E-state index contributed by atoms with van der Waals surface area (Å²) < 4.78 is 10.9. The Morgan fingerprint density at radius 1 is 1.09 bits per heavy atom. The molecule has 1 saturated heterocycles. The predicted molar refractivity (Wildman–Crippen MR) is 94.6 cm³/mol. The minimum atomic E-state index is 0.725. The van der Waals surface area contributed by atoms with Gasteiger partial charge in [-0.15, -0.1) is 0 Å². The molecule has 2 heterocycles. The molecule has 0 spiro atoms. The van der Waals surface area contributed by atoms with Crippen LogP contribution in [0.15, 0.2) is 24.4 Å². The maximum atomic E-state index is 5.46. The second-order valence-electron chi connectivity index (χ2n) is 6.62. The van der Waals surface area contributed by atoms with Crippen molar-refractivity contribution in [1.82, 2.24) is 4.98 Å². The van der Waals surface area contributed by atoms with E-state index in [1.807, 2.05) is 18.3 Å². The van der Waals surface area contributed by atoms with Gasteiger partial charge >= 0.3 is 0 Å². The molecule has 1 fully saturated rings. The van der Waals surface area contributed by atoms with E-state index in [1.165, 1.54) is 18.5 Å². The van der Waals surface area contributed by atoms with Gasteiger partial charge in [0, 0.05) is 36.4 Å². The zero-order chi connectivity index (χ0) is 16.4. The van der Waals surface area contributed by atoms with Crippen molar-refractivity contribution in [3.05, 3.63) is 24.4 Å². The van der Waals surface area contributed by atoms with Crippen LogP contribution in [-0.2, 0) is 0 Å². The van der Waals surface area contributed by atoms with Gasteiger partial charge in [-0.3, -0.25) is 4.98 Å². The minimum absolute atomic E-state index is 0.725. The number of ether oxygens (including phenoxy) is 2. The molecule has 3 rings (SSSR count). The Morgan fingerprint density at radius 3 is 2.35 bits per heavy atom. The van der Waals surface area contributed by atoms with Gasteiger partial charge in [-0.25, -0.2) is 0 Å². The van der Waals surface area contributed by atoms with E-state index in [0.29, 0.717) is 0 Å². The van der Waals surface area contributed by atoms with E-state index in [-0.39, 0.29) is 0 Å². The molecule has 0 atom stereocenters. The molecule has 124 valence electrons. The van der Waals surface area contributed by atoms with Crippen molar-refractivity contribution in [2.45, 2.75) is 26.7 Å². The van der Waals surface area contributed by atoms with Crippen LogP contribution in [0.2, 0.25) is 0 Å². The van der Waals surface area contributed by atoms with Gasteiger partial charge in [0.25, 0.3) is 0 Å². The second kappa shape index (κ2) is 6.65. The molecule has 1 aromatic heterocycles. The highest BCUT2D eigenvalue weighted by molar-refractivity contribution is 5.94. The Bertz CT molecular complexity index is 676. The maximum absolute atomic E-state index is 5.46. The smallest absolute Gasteiger partial charge is 0.162 e. The van der Waals surface area contributed by atoms with Gasteiger partial charge in [0.15, 0.2) is 11.5 Å². The highest BCUT2D eigenvalue weighted by Gasteiger charge is 2.23. The number of pyridine rings is 1. The molecule has 0 amide bonds. The average Bonchev–Trinajstić information content (AvgIpc) is 2.60. The number of nitrogens with zero attached hydrogens (tertiary/aromatic N) is 2. The Labute approximate surface area is 138 Å². The van der Waals surface area contributed by atoms with E-state index >= 15 is 0 Å². The number of fused-ring (bicyclic) bond motifs is 1. The predicted octanol–water partition coefficient (Wildman–Crippen LogP) is 4.12. The van der Waals surface area contributed by atoms with Gasteiger partial charge in [-0.05, 0) is 36.8 Å². The van der Waals surface area contributed by atoms with Crippen LogP contribution in [0.4, 0.5) is 5.69 Å². The average molecular weight is 314 g/mol. The van der Waals surface area contributed by atoms with E-state index < -0.39 is 0 Å². The number of rotatable bonds is 4. The molecule has 23 heavy (non-hydrogen) atoms. The lowest BCUT2D eigenvalue weighted by Crippen LogP contribution is -2.35. The molecular formula is C19H26N2O2. The topological polar surface area (TPSA) is 34.6 Å². The summed E-state index contributed by atoms with van der Waals surface area (Å²) in [5, 5.41) is 1.13. The third kappa shape index (κ3) is 3.07. The first-order valence-electron chi connectivity index (χ1n) is 8.39. The summed E-state index contributed by atoms with van der Waals surface area (Å²) in [6, 6.07) is 6.12. The Kier molecular flexibility index (Phi) is 4.60. The monoisotopic (exact) mass is 314 g/mol. The van der Waals surface area contributed by atoms with Crippen molar-refractivity contribution in [2.24, 2.45) is 11.8 Å². The summed E-state index contributed by atoms with van der Waals surface area (Å²) in [7, 11) is 3.33. The summed E-state index contributed by atoms with van der Waals surface area (Å²) >= 11 is 0. The zero-order valence-electron chi connectivity index (χ0n) is 14.5. The van der Waals surface area contributed by atoms with E-state index in [9.17, 15) is 0 Å². The first-order valence-corrected chi connectivity index (χ1v) is 8.39. The molecule has 0 bridgehead atoms. The molecule has 2 aromatic rings. The Balaban J connectivity index is 1.95. The third-order valence-electron chi connectivity index (χ3n) is 5.05. The molecule has 1 aromatic carbocycles. The molecule has 0 saturated carbocycles. The van der Waals surface area contributed by atoms with Crippen LogP contribution in [0.1, 0.15) is 26.7 Å². The number of anilines is 1. The van der Waals surface area contributed by atoms with Gasteiger partial charge in [-0.1, -0.05) is 13.8 Å². The lowest BCUT2D eigenvalue weighted by Gasteiger charge is -2.35. The third-order valence-corrected chi connectivity index (χ3v) is 5.05. The Morgan fingerprint density at radius 2 is 1.74 bits per heavy atom. The van der Waals surface area contributed by atoms with Crippen LogP contribution in [0.5, 0.6) is 11.5 Å². The van der Waals surface area contributed by atoms with Crippen LogP contribution >= 0.6 is 0 Å². The summed E-state index contributed by atoms with van der Waals surface area (Å²) in [6.45, 7) is 6.88. The lowest BCUT2D eigenvalue weighted by molar-refractivity contribution is 0.311. The van der Waals surface area contributed by atoms with Crippen molar-refractivity contribution in [1.29, 1.82) is 0 Å². The molecule has 0 N–H and O–H groups in total. The van der Waals surface area contributed by atoms with E-state index in [4.69, 9.17) is 9.47 Å². The van der Waals surface area contributed by atoms with Crippen LogP contribution in [-0.4, -0.2) is 32.3 Å². The number of piperidine rings is 1. The maximum Gasteiger partial charge on any atom is 0.162 e. The van der Waals surface area contributed by atoms with Gasteiger partial charge in [0.2, 0.25) is 0 Å². The van der Waals surface area contributed by atoms with Crippen molar-refractivity contribution < 1.29 is 9.47 Å². The second-order valence-corrected chi connectivity index (χ2v) is 6.62. The van der Waals surface area contributed by atoms with E-state index in [2.05, 4.69) is 29.8 Å². The molecular weight excluding hydrogens is 288 g/mol. The van der Waals surface area contributed by atoms with Gasteiger partial charge in [0.05, 0.1) is 19.7 Å². The van der Waals surface area contributed by atoms with Gasteiger partial charge in [0.1, 0.15) is 0 Å². The van der Waals surface area contributed by atoms with Crippen molar-refractivity contribution in [3.63, 3.8) is 0 Å². The molecule has 4 heteroatoms. The quantitative estimate of drug-likeness (QED) is 0.850. The normalized spacial score (nSPS) is 16.1. The van der Waals surface area contributed by atoms with Gasteiger partial charge in [-0.2, -0.15) is 0 Å². The van der Waals surface area contributed by atoms with Crippen LogP contribution in [0, 0.1) is 11.8 Å². The first kappa shape index (κ1) is 15.9. The zero-order valence-corrected chi connectivity index (χ0v) is 14.5. The molecule has 0 aliphatic carbocycles. The molecule has 1 aliphatic heterocycles. The number of benzene rings is 1. The van der Waals surface area contributed by atoms with E-state index in [1.54, 1.807) is 14.2 Å². The minimum Gasteiger partial charge on any atom is -0.493 e. The van der Waals surface area contributed by atoms with Crippen LogP contribution < -0.4 is 14.4 Å². The standard InChI is InChI=1S/C19H26N2O2/c1-13(2)14-6-9-21(10-7-14)17-5-8-20-16-12-19(23-4)18(22-3)11-15(16)17/h5,8,11-14H,6-7,9-10H2,1-4H3. The Hall–Kier alpha value is -1.97. The molecule has 0 unspecified atom stereocenters. The van der Waals surface area contributed by atoms with E-state index in [0.717, 1.165) is 47.3 Å². The number of aromatic nitrogens is 1. The summed E-state index contributed by atoms with van der Waals surface area (Å²) in [5.74, 6) is 3.10. The summed E-state index contributed by atoms with van der Waals surface area (Å²) in [5.41, 5.74) is 2.20. The largest absolute Gasteiger partial charge is 0.493 e. The SMILES string of the molecule is COc1cc2nccc(N3CCC(C(C)C)CC3)c2cc1OC. The number of hydrogen-bond acceptors (Lipinski definition) is 4. The lowest BCUT2D eigenvalue weighted by atomic mass is 9.86. The van der Waals surface area contributed by atoms with Crippen LogP contribution in [0.25, 0.3) is 10.9 Å². The fourth-order valence-electron chi connectivity index (χ4n) is 3.54. The molecule has 0 radical (unpaired) electrons. The first-order chi connectivity index (χ1) is 11.1. The van der Waals surface area contributed by atoms with Crippen molar-refractivity contribution >= 4 is 16.6 Å². The molecule has 4 nitrogen and oxygen atoms in total. The van der Waals surface area contributed by atoms with Crippen molar-refractivity contribution in [3.8, 4) is 11.5 Å². The number of methoxy groups -OCH3 is 2. The van der Waals surface area contributed by atoms with Crippen molar-refractivity contribution in [2.75, 3.05) is 32.2 Å². The van der Waals surface area contributed by atoms with Gasteiger partial charge < -0.3 is 14.4 Å². The fraction of sp³-hybridized carbons (Fsp3) is 0.526. The van der Waals surface area contributed by atoms with Crippen LogP contribution in [0.3, 0.4) is 0 Å².